The minimum Gasteiger partial charge on any atom is -0.439 e. The van der Waals surface area contributed by atoms with Crippen molar-refractivity contribution in [2.24, 2.45) is 10.7 Å². The minimum atomic E-state index is -0.371. The van der Waals surface area contributed by atoms with Crippen molar-refractivity contribution >= 4 is 5.96 Å². The Hall–Kier alpha value is -3.48. The Morgan fingerprint density at radius 1 is 1.07 bits per heavy atom. The molecule has 0 saturated heterocycles. The molecule has 6 nitrogen and oxygen atoms in total. The number of nitrogens with zero attached hydrogens (tertiary/aromatic N) is 3. The Bertz CT molecular complexity index is 902. The van der Waals surface area contributed by atoms with E-state index in [1.54, 1.807) is 30.6 Å². The summed E-state index contributed by atoms with van der Waals surface area (Å²) in [5, 5.41) is 3.05. The van der Waals surface area contributed by atoms with Crippen LogP contribution in [0.15, 0.2) is 72.0 Å². The first-order chi connectivity index (χ1) is 13.2. The molecule has 0 fully saturated rings. The number of aliphatic imine (C=N–C) groups is 1. The van der Waals surface area contributed by atoms with Crippen LogP contribution in [0.1, 0.15) is 11.3 Å². The van der Waals surface area contributed by atoms with Crippen LogP contribution in [0.2, 0.25) is 0 Å². The Balaban J connectivity index is 1.57. The Kier molecular flexibility index (Phi) is 6.30. The van der Waals surface area contributed by atoms with Crippen LogP contribution < -0.4 is 15.8 Å². The summed E-state index contributed by atoms with van der Waals surface area (Å²) in [6.45, 7) is 0.924. The van der Waals surface area contributed by atoms with Gasteiger partial charge in [-0.1, -0.05) is 18.2 Å². The Morgan fingerprint density at radius 3 is 2.78 bits per heavy atom. The van der Waals surface area contributed by atoms with Gasteiger partial charge in [0.15, 0.2) is 5.96 Å². The normalized spacial score (nSPS) is 11.2. The first kappa shape index (κ1) is 18.3. The molecule has 1 aromatic carbocycles. The van der Waals surface area contributed by atoms with Gasteiger partial charge in [0.25, 0.3) is 0 Å². The van der Waals surface area contributed by atoms with Gasteiger partial charge in [-0.05, 0) is 30.3 Å². The van der Waals surface area contributed by atoms with Crippen LogP contribution in [0.25, 0.3) is 0 Å². The highest BCUT2D eigenvalue weighted by Gasteiger charge is 2.07. The Morgan fingerprint density at radius 2 is 1.96 bits per heavy atom. The lowest BCUT2D eigenvalue weighted by atomic mass is 10.2. The molecule has 138 valence electrons. The lowest BCUT2D eigenvalue weighted by molar-refractivity contribution is 0.452. The average molecular weight is 365 g/mol. The van der Waals surface area contributed by atoms with E-state index in [4.69, 9.17) is 10.5 Å². The van der Waals surface area contributed by atoms with Gasteiger partial charge in [-0.3, -0.25) is 4.98 Å². The number of guanidine groups is 1. The molecule has 2 heterocycles. The van der Waals surface area contributed by atoms with Crippen LogP contribution in [0.4, 0.5) is 4.39 Å². The molecule has 0 amide bonds. The fourth-order valence-electron chi connectivity index (χ4n) is 2.37. The molecule has 27 heavy (non-hydrogen) atoms. The predicted octanol–water partition coefficient (Wildman–Crippen LogP) is 3.06. The molecule has 3 aromatic rings. The van der Waals surface area contributed by atoms with Crippen LogP contribution in [0.3, 0.4) is 0 Å². The lowest BCUT2D eigenvalue weighted by Crippen LogP contribution is -2.33. The van der Waals surface area contributed by atoms with Crippen LogP contribution in [0, 0.1) is 5.82 Å². The summed E-state index contributed by atoms with van der Waals surface area (Å²) < 4.78 is 19.0. The summed E-state index contributed by atoms with van der Waals surface area (Å²) in [6.07, 6.45) is 4.11. The fourth-order valence-corrected chi connectivity index (χ4v) is 2.37. The second kappa shape index (κ2) is 9.28. The minimum absolute atomic E-state index is 0.293. The predicted molar refractivity (Wildman–Crippen MR) is 102 cm³/mol. The van der Waals surface area contributed by atoms with E-state index in [1.807, 2.05) is 24.3 Å². The zero-order chi connectivity index (χ0) is 18.9. The summed E-state index contributed by atoms with van der Waals surface area (Å²) in [6, 6.07) is 15.3. The summed E-state index contributed by atoms with van der Waals surface area (Å²) in [5.41, 5.74) is 7.64. The molecule has 0 radical (unpaired) electrons. The molecule has 0 atom stereocenters. The quantitative estimate of drug-likeness (QED) is 0.496. The third kappa shape index (κ3) is 5.78. The van der Waals surface area contributed by atoms with Gasteiger partial charge < -0.3 is 15.8 Å². The highest BCUT2D eigenvalue weighted by atomic mass is 19.1. The van der Waals surface area contributed by atoms with Gasteiger partial charge in [0.2, 0.25) is 5.88 Å². The zero-order valence-electron chi connectivity index (χ0n) is 14.7. The topological polar surface area (TPSA) is 85.4 Å². The van der Waals surface area contributed by atoms with E-state index in [1.165, 1.54) is 12.1 Å². The van der Waals surface area contributed by atoms with Gasteiger partial charge in [0.05, 0.1) is 6.54 Å². The Labute approximate surface area is 157 Å². The third-order valence-corrected chi connectivity index (χ3v) is 3.69. The summed E-state index contributed by atoms with van der Waals surface area (Å²) in [5.74, 6) is 0.698. The van der Waals surface area contributed by atoms with E-state index >= 15 is 0 Å². The largest absolute Gasteiger partial charge is 0.439 e. The standard InChI is InChI=1S/C20H20FN5O/c21-16-6-3-8-18(13-16)27-19-15(5-4-11-24-19)14-26-20(22)25-12-9-17-7-1-2-10-23-17/h1-8,10-11,13H,9,12,14H2,(H3,22,25,26). The van der Waals surface area contributed by atoms with E-state index in [9.17, 15) is 4.39 Å². The molecule has 2 aromatic heterocycles. The van der Waals surface area contributed by atoms with E-state index < -0.39 is 0 Å². The van der Waals surface area contributed by atoms with Crippen molar-refractivity contribution in [3.05, 3.63) is 84.1 Å². The number of aromatic nitrogens is 2. The van der Waals surface area contributed by atoms with Gasteiger partial charge in [0, 0.05) is 42.7 Å². The number of rotatable bonds is 7. The maximum atomic E-state index is 13.3. The molecular formula is C20H20FN5O. The molecule has 0 aliphatic heterocycles. The van der Waals surface area contributed by atoms with Crippen molar-refractivity contribution in [3.63, 3.8) is 0 Å². The van der Waals surface area contributed by atoms with Gasteiger partial charge in [-0.2, -0.15) is 0 Å². The van der Waals surface area contributed by atoms with E-state index in [0.29, 0.717) is 30.7 Å². The third-order valence-electron chi connectivity index (χ3n) is 3.69. The van der Waals surface area contributed by atoms with Crippen molar-refractivity contribution in [1.82, 2.24) is 15.3 Å². The van der Waals surface area contributed by atoms with Gasteiger partial charge >= 0.3 is 0 Å². The van der Waals surface area contributed by atoms with Crippen molar-refractivity contribution < 1.29 is 9.13 Å². The van der Waals surface area contributed by atoms with Crippen molar-refractivity contribution in [3.8, 4) is 11.6 Å². The van der Waals surface area contributed by atoms with E-state index in [2.05, 4.69) is 20.3 Å². The van der Waals surface area contributed by atoms with Crippen LogP contribution in [0.5, 0.6) is 11.6 Å². The molecule has 0 saturated carbocycles. The number of halogens is 1. The number of nitrogens with two attached hydrogens (primary N) is 1. The highest BCUT2D eigenvalue weighted by molar-refractivity contribution is 5.77. The second-order valence-corrected chi connectivity index (χ2v) is 5.73. The number of benzene rings is 1. The maximum Gasteiger partial charge on any atom is 0.224 e. The SMILES string of the molecule is NC(=NCc1cccnc1Oc1cccc(F)c1)NCCc1ccccn1. The first-order valence-electron chi connectivity index (χ1n) is 8.52. The van der Waals surface area contributed by atoms with Crippen molar-refractivity contribution in [2.75, 3.05) is 6.54 Å². The second-order valence-electron chi connectivity index (χ2n) is 5.73. The molecule has 0 aliphatic rings. The molecular weight excluding hydrogens is 345 g/mol. The zero-order valence-corrected chi connectivity index (χ0v) is 14.7. The van der Waals surface area contributed by atoms with Crippen molar-refractivity contribution in [2.45, 2.75) is 13.0 Å². The van der Waals surface area contributed by atoms with E-state index in [-0.39, 0.29) is 5.82 Å². The summed E-state index contributed by atoms with van der Waals surface area (Å²) >= 11 is 0. The smallest absolute Gasteiger partial charge is 0.224 e. The first-order valence-corrected chi connectivity index (χ1v) is 8.52. The molecule has 3 N–H and O–H groups in total. The molecule has 0 bridgehead atoms. The highest BCUT2D eigenvalue weighted by Crippen LogP contribution is 2.23. The van der Waals surface area contributed by atoms with Gasteiger partial charge in [-0.15, -0.1) is 0 Å². The number of ether oxygens (including phenoxy) is 1. The van der Waals surface area contributed by atoms with Crippen LogP contribution in [-0.2, 0) is 13.0 Å². The monoisotopic (exact) mass is 365 g/mol. The number of hydrogen-bond acceptors (Lipinski definition) is 4. The number of pyridine rings is 2. The van der Waals surface area contributed by atoms with Crippen LogP contribution >= 0.6 is 0 Å². The summed E-state index contributed by atoms with van der Waals surface area (Å²) in [7, 11) is 0. The molecule has 3 rings (SSSR count). The molecule has 0 aliphatic carbocycles. The fraction of sp³-hybridized carbons (Fsp3) is 0.150. The maximum absolute atomic E-state index is 13.3. The van der Waals surface area contributed by atoms with Crippen LogP contribution in [-0.4, -0.2) is 22.5 Å². The van der Waals surface area contributed by atoms with Gasteiger partial charge in [0.1, 0.15) is 11.6 Å². The summed E-state index contributed by atoms with van der Waals surface area (Å²) in [4.78, 5) is 12.8. The van der Waals surface area contributed by atoms with Gasteiger partial charge in [-0.25, -0.2) is 14.4 Å². The number of nitrogens with one attached hydrogen (secondary N) is 1. The van der Waals surface area contributed by atoms with E-state index in [0.717, 1.165) is 17.7 Å². The lowest BCUT2D eigenvalue weighted by Gasteiger charge is -2.09. The molecule has 0 unspecified atom stereocenters. The van der Waals surface area contributed by atoms with Crippen molar-refractivity contribution in [1.29, 1.82) is 0 Å². The molecule has 0 spiro atoms. The molecule has 7 heteroatoms. The number of hydrogen-bond donors (Lipinski definition) is 2. The average Bonchev–Trinajstić information content (AvgIpc) is 2.68.